The summed E-state index contributed by atoms with van der Waals surface area (Å²) >= 11 is 0. The molecule has 1 N–H and O–H groups in total. The lowest BCUT2D eigenvalue weighted by Gasteiger charge is -2.17. The molecule has 0 saturated heterocycles. The van der Waals surface area contributed by atoms with Crippen molar-refractivity contribution in [2.75, 3.05) is 14.2 Å². The molecule has 9 heteroatoms. The predicted molar refractivity (Wildman–Crippen MR) is 98.1 cm³/mol. The third kappa shape index (κ3) is 3.08. The number of alkyl halides is 3. The number of para-hydroxylation sites is 1. The average Bonchev–Trinajstić information content (AvgIpc) is 3.26. The van der Waals surface area contributed by atoms with E-state index in [2.05, 4.69) is 10.4 Å². The van der Waals surface area contributed by atoms with E-state index in [0.717, 1.165) is 5.69 Å². The predicted octanol–water partition coefficient (Wildman–Crippen LogP) is 3.64. The first-order valence-electron chi connectivity index (χ1n) is 8.62. The Balaban J connectivity index is 1.91. The highest BCUT2D eigenvalue weighted by molar-refractivity contribution is 5.86. The number of methoxy groups -OCH3 is 2. The molecule has 0 radical (unpaired) electrons. The maximum Gasteiger partial charge on any atom is 0.471 e. The first kappa shape index (κ1) is 18.9. The Morgan fingerprint density at radius 2 is 1.72 bits per heavy atom. The van der Waals surface area contributed by atoms with Gasteiger partial charge in [-0.3, -0.25) is 4.79 Å². The van der Waals surface area contributed by atoms with Gasteiger partial charge in [0.1, 0.15) is 0 Å². The van der Waals surface area contributed by atoms with Gasteiger partial charge >= 0.3 is 12.1 Å². The zero-order valence-corrected chi connectivity index (χ0v) is 15.4. The van der Waals surface area contributed by atoms with Crippen LogP contribution in [0.25, 0.3) is 16.9 Å². The van der Waals surface area contributed by atoms with Crippen LogP contribution in [0.4, 0.5) is 13.2 Å². The molecular formula is C20H16F3N3O3. The number of nitrogens with one attached hydrogen (secondary N) is 1. The molecule has 1 atom stereocenters. The van der Waals surface area contributed by atoms with E-state index in [-0.39, 0.29) is 0 Å². The molecule has 6 nitrogen and oxygen atoms in total. The molecule has 3 aromatic rings. The molecular weight excluding hydrogens is 387 g/mol. The maximum atomic E-state index is 12.9. The van der Waals surface area contributed by atoms with Gasteiger partial charge in [0.15, 0.2) is 11.5 Å². The van der Waals surface area contributed by atoms with Crippen LogP contribution < -0.4 is 14.8 Å². The summed E-state index contributed by atoms with van der Waals surface area (Å²) in [7, 11) is 2.90. The van der Waals surface area contributed by atoms with Gasteiger partial charge in [-0.15, -0.1) is 0 Å². The number of hydrogen-bond acceptors (Lipinski definition) is 4. The number of hydrogen-bond donors (Lipinski definition) is 1. The fourth-order valence-electron chi connectivity index (χ4n) is 3.48. The van der Waals surface area contributed by atoms with Crippen LogP contribution in [0, 0.1) is 0 Å². The lowest BCUT2D eigenvalue weighted by molar-refractivity contribution is -0.174. The van der Waals surface area contributed by atoms with Crippen LogP contribution in [0.1, 0.15) is 17.2 Å². The molecule has 0 saturated carbocycles. The number of fused-ring (bicyclic) bond motifs is 3. The molecule has 150 valence electrons. The molecule has 1 unspecified atom stereocenters. The van der Waals surface area contributed by atoms with Gasteiger partial charge in [-0.2, -0.15) is 18.3 Å². The highest BCUT2D eigenvalue weighted by atomic mass is 19.4. The number of carbonyl (C=O) groups excluding carboxylic acids is 1. The minimum atomic E-state index is -5.01. The maximum absolute atomic E-state index is 12.9. The Bertz CT molecular complexity index is 1080. The molecule has 4 rings (SSSR count). The number of halogens is 3. The van der Waals surface area contributed by atoms with Gasteiger partial charge in [-0.1, -0.05) is 18.2 Å². The van der Waals surface area contributed by atoms with Gasteiger partial charge in [-0.05, 0) is 29.8 Å². The van der Waals surface area contributed by atoms with Gasteiger partial charge in [0.25, 0.3) is 0 Å². The van der Waals surface area contributed by atoms with Crippen LogP contribution in [0.5, 0.6) is 11.5 Å². The highest BCUT2D eigenvalue weighted by Gasteiger charge is 2.43. The number of amides is 1. The zero-order chi connectivity index (χ0) is 20.8. The Labute approximate surface area is 163 Å². The largest absolute Gasteiger partial charge is 0.493 e. The molecule has 29 heavy (non-hydrogen) atoms. The third-order valence-electron chi connectivity index (χ3n) is 4.76. The second-order valence-electron chi connectivity index (χ2n) is 6.39. The topological polar surface area (TPSA) is 65.4 Å². The van der Waals surface area contributed by atoms with Gasteiger partial charge in [-0.25, -0.2) is 4.68 Å². The first-order chi connectivity index (χ1) is 13.8. The number of rotatable bonds is 4. The van der Waals surface area contributed by atoms with Gasteiger partial charge in [0.2, 0.25) is 0 Å². The van der Waals surface area contributed by atoms with Crippen molar-refractivity contribution >= 4 is 5.91 Å². The smallest absolute Gasteiger partial charge is 0.471 e. The molecule has 0 aliphatic heterocycles. The molecule has 0 bridgehead atoms. The monoisotopic (exact) mass is 403 g/mol. The van der Waals surface area contributed by atoms with Crippen LogP contribution in [0.15, 0.2) is 48.7 Å². The van der Waals surface area contributed by atoms with E-state index in [9.17, 15) is 18.0 Å². The van der Waals surface area contributed by atoms with Crippen molar-refractivity contribution in [1.29, 1.82) is 0 Å². The van der Waals surface area contributed by atoms with E-state index in [4.69, 9.17) is 9.47 Å². The second-order valence-corrected chi connectivity index (χ2v) is 6.39. The summed E-state index contributed by atoms with van der Waals surface area (Å²) < 4.78 is 51.0. The Kier molecular flexibility index (Phi) is 4.45. The van der Waals surface area contributed by atoms with Crippen LogP contribution in [0.3, 0.4) is 0 Å². The molecule has 1 aromatic heterocycles. The van der Waals surface area contributed by atoms with E-state index >= 15 is 0 Å². The summed E-state index contributed by atoms with van der Waals surface area (Å²) in [6, 6.07) is 11.4. The van der Waals surface area contributed by atoms with Crippen molar-refractivity contribution in [1.82, 2.24) is 15.1 Å². The lowest BCUT2D eigenvalue weighted by Crippen LogP contribution is -2.38. The van der Waals surface area contributed by atoms with E-state index in [1.54, 1.807) is 16.8 Å². The van der Waals surface area contributed by atoms with E-state index < -0.39 is 18.1 Å². The molecule has 1 amide bonds. The van der Waals surface area contributed by atoms with Crippen molar-refractivity contribution in [3.8, 4) is 28.4 Å². The van der Waals surface area contributed by atoms with Gasteiger partial charge in [0, 0.05) is 11.1 Å². The van der Waals surface area contributed by atoms with Crippen molar-refractivity contribution in [3.63, 3.8) is 0 Å². The molecule has 0 fully saturated rings. The number of ether oxygens (including phenoxy) is 2. The van der Waals surface area contributed by atoms with Gasteiger partial charge < -0.3 is 14.8 Å². The fourth-order valence-corrected chi connectivity index (χ4v) is 3.48. The summed E-state index contributed by atoms with van der Waals surface area (Å²) in [4.78, 5) is 11.7. The minimum absolute atomic E-state index is 0.349. The van der Waals surface area contributed by atoms with E-state index in [0.29, 0.717) is 33.9 Å². The summed E-state index contributed by atoms with van der Waals surface area (Å²) in [6.07, 6.45) is -3.54. The second kappa shape index (κ2) is 6.84. The standard InChI is InChI=1S/C20H16F3N3O3/c1-28-15-8-12-13(9-16(15)29-2)18-14(17(12)25-19(27)20(21,22)23)10-24-26(18)11-6-4-3-5-7-11/h3-10,17H,1-2H3,(H,25,27). The third-order valence-corrected chi connectivity index (χ3v) is 4.76. The zero-order valence-electron chi connectivity index (χ0n) is 15.4. The fraction of sp³-hybridized carbons (Fsp3) is 0.200. The van der Waals surface area contributed by atoms with Crippen LogP contribution in [0.2, 0.25) is 0 Å². The summed E-state index contributed by atoms with van der Waals surface area (Å²) in [5.41, 5.74) is 2.84. The molecule has 1 aliphatic carbocycles. The van der Waals surface area contributed by atoms with E-state index in [1.165, 1.54) is 20.4 Å². The SMILES string of the molecule is COc1cc2c(cc1OC)C(NC(=O)C(F)(F)F)c1cnn(-c3ccccc3)c1-2. The molecule has 1 heterocycles. The van der Waals surface area contributed by atoms with Crippen LogP contribution >= 0.6 is 0 Å². The Morgan fingerprint density at radius 1 is 1.07 bits per heavy atom. The molecule has 1 aliphatic rings. The summed E-state index contributed by atoms with van der Waals surface area (Å²) in [5.74, 6) is -1.26. The normalized spacial score (nSPS) is 14.9. The lowest BCUT2D eigenvalue weighted by atomic mass is 10.0. The van der Waals surface area contributed by atoms with Crippen molar-refractivity contribution < 1.29 is 27.4 Å². The number of nitrogens with zero attached hydrogens (tertiary/aromatic N) is 2. The van der Waals surface area contributed by atoms with E-state index in [1.807, 2.05) is 30.3 Å². The number of carbonyl (C=O) groups is 1. The van der Waals surface area contributed by atoms with Crippen LogP contribution in [-0.2, 0) is 4.79 Å². The summed E-state index contributed by atoms with van der Waals surface area (Å²) in [6.45, 7) is 0. The van der Waals surface area contributed by atoms with Crippen LogP contribution in [-0.4, -0.2) is 36.1 Å². The van der Waals surface area contributed by atoms with Crippen molar-refractivity contribution in [2.45, 2.75) is 12.2 Å². The number of benzene rings is 2. The summed E-state index contributed by atoms with van der Waals surface area (Å²) in [5, 5.41) is 6.41. The Morgan fingerprint density at radius 3 is 2.34 bits per heavy atom. The quantitative estimate of drug-likeness (QED) is 0.723. The molecule has 2 aromatic carbocycles. The first-order valence-corrected chi connectivity index (χ1v) is 8.62. The highest BCUT2D eigenvalue weighted by Crippen LogP contribution is 2.48. The average molecular weight is 403 g/mol. The van der Waals surface area contributed by atoms with Gasteiger partial charge in [0.05, 0.1) is 37.8 Å². The van der Waals surface area contributed by atoms with Crippen molar-refractivity contribution in [3.05, 3.63) is 59.8 Å². The van der Waals surface area contributed by atoms with Crippen molar-refractivity contribution in [2.24, 2.45) is 0 Å². The Hall–Kier alpha value is -3.49. The number of aromatic nitrogens is 2. The minimum Gasteiger partial charge on any atom is -0.493 e. The molecule has 0 spiro atoms.